The number of nitrogens with one attached hydrogen (secondary N) is 2. The van der Waals surface area contributed by atoms with Gasteiger partial charge in [-0.15, -0.1) is 11.3 Å². The van der Waals surface area contributed by atoms with E-state index in [9.17, 15) is 9.90 Å². The first-order valence-corrected chi connectivity index (χ1v) is 6.39. The van der Waals surface area contributed by atoms with Crippen LogP contribution in [0.4, 0.5) is 5.69 Å². The van der Waals surface area contributed by atoms with E-state index in [2.05, 4.69) is 10.6 Å². The predicted octanol–water partition coefficient (Wildman–Crippen LogP) is 2.58. The third kappa shape index (κ3) is 3.28. The fourth-order valence-corrected chi connectivity index (χ4v) is 2.15. The summed E-state index contributed by atoms with van der Waals surface area (Å²) in [7, 11) is 0. The summed E-state index contributed by atoms with van der Waals surface area (Å²) in [5.41, 5.74) is 0.617. The van der Waals surface area contributed by atoms with Gasteiger partial charge in [0.25, 0.3) is 5.91 Å². The number of thiocarbonyl (C=S) groups is 1. The van der Waals surface area contributed by atoms with Gasteiger partial charge in [-0.3, -0.25) is 10.1 Å². The molecule has 92 valence electrons. The second-order valence-electron chi connectivity index (χ2n) is 3.44. The Labute approximate surface area is 113 Å². The normalized spacial score (nSPS) is 9.78. The Kier molecular flexibility index (Phi) is 3.91. The lowest BCUT2D eigenvalue weighted by Gasteiger charge is -2.08. The van der Waals surface area contributed by atoms with Crippen molar-refractivity contribution in [3.8, 4) is 5.75 Å². The highest BCUT2D eigenvalue weighted by Crippen LogP contribution is 2.15. The minimum atomic E-state index is -0.248. The minimum Gasteiger partial charge on any atom is -0.508 e. The largest absolute Gasteiger partial charge is 0.508 e. The van der Waals surface area contributed by atoms with Gasteiger partial charge in [0, 0.05) is 11.8 Å². The maximum absolute atomic E-state index is 11.7. The van der Waals surface area contributed by atoms with Gasteiger partial charge in [-0.25, -0.2) is 0 Å². The van der Waals surface area contributed by atoms with E-state index in [1.807, 2.05) is 5.38 Å². The first kappa shape index (κ1) is 12.5. The molecule has 0 fully saturated rings. The van der Waals surface area contributed by atoms with E-state index in [1.54, 1.807) is 30.3 Å². The zero-order valence-corrected chi connectivity index (χ0v) is 10.8. The second-order valence-corrected chi connectivity index (χ2v) is 4.79. The highest BCUT2D eigenvalue weighted by molar-refractivity contribution is 7.80. The molecule has 0 aliphatic heterocycles. The maximum Gasteiger partial charge on any atom is 0.267 e. The van der Waals surface area contributed by atoms with Gasteiger partial charge in [0.05, 0.1) is 4.88 Å². The molecule has 1 aromatic carbocycles. The Hall–Kier alpha value is -1.92. The SMILES string of the molecule is O=C(NC(=S)Nc1cccc(O)c1)c1cccs1. The molecular formula is C12H10N2O2S2. The van der Waals surface area contributed by atoms with Crippen molar-refractivity contribution in [1.29, 1.82) is 0 Å². The molecule has 6 heteroatoms. The monoisotopic (exact) mass is 278 g/mol. The second kappa shape index (κ2) is 5.61. The summed E-state index contributed by atoms with van der Waals surface area (Å²) in [5.74, 6) is -0.116. The van der Waals surface area contributed by atoms with E-state index in [-0.39, 0.29) is 16.8 Å². The summed E-state index contributed by atoms with van der Waals surface area (Å²) in [5, 5.41) is 16.7. The first-order chi connectivity index (χ1) is 8.65. The van der Waals surface area contributed by atoms with Gasteiger partial charge in [-0.2, -0.15) is 0 Å². The van der Waals surface area contributed by atoms with Crippen molar-refractivity contribution in [2.75, 3.05) is 5.32 Å². The third-order valence-electron chi connectivity index (χ3n) is 2.08. The zero-order chi connectivity index (χ0) is 13.0. The zero-order valence-electron chi connectivity index (χ0n) is 9.21. The number of hydrogen-bond acceptors (Lipinski definition) is 4. The maximum atomic E-state index is 11.7. The number of carbonyl (C=O) groups excluding carboxylic acids is 1. The molecule has 1 amide bonds. The molecule has 0 aliphatic carbocycles. The molecule has 3 N–H and O–H groups in total. The number of thiophene rings is 1. The van der Waals surface area contributed by atoms with Crippen LogP contribution in [0.3, 0.4) is 0 Å². The van der Waals surface area contributed by atoms with Gasteiger partial charge < -0.3 is 10.4 Å². The van der Waals surface area contributed by atoms with Gasteiger partial charge in [-0.1, -0.05) is 12.1 Å². The van der Waals surface area contributed by atoms with Crippen LogP contribution in [0.1, 0.15) is 9.67 Å². The van der Waals surface area contributed by atoms with Gasteiger partial charge in [0.15, 0.2) is 5.11 Å². The molecule has 18 heavy (non-hydrogen) atoms. The standard InChI is InChI=1S/C12H10N2O2S2/c15-9-4-1-3-8(7-9)13-12(17)14-11(16)10-5-2-6-18-10/h1-7,15H,(H2,13,14,16,17). The summed E-state index contributed by atoms with van der Waals surface area (Å²) >= 11 is 6.35. The van der Waals surface area contributed by atoms with Crippen molar-refractivity contribution < 1.29 is 9.90 Å². The molecular weight excluding hydrogens is 268 g/mol. The number of phenolic OH excluding ortho intramolecular Hbond substituents is 1. The molecule has 2 aromatic rings. The Morgan fingerprint density at radius 3 is 2.78 bits per heavy atom. The van der Waals surface area contributed by atoms with E-state index in [4.69, 9.17) is 12.2 Å². The molecule has 4 nitrogen and oxygen atoms in total. The van der Waals surface area contributed by atoms with Gasteiger partial charge in [0.1, 0.15) is 5.75 Å². The van der Waals surface area contributed by atoms with Crippen LogP contribution >= 0.6 is 23.6 Å². The topological polar surface area (TPSA) is 61.4 Å². The van der Waals surface area contributed by atoms with Crippen LogP contribution in [-0.4, -0.2) is 16.1 Å². The molecule has 0 unspecified atom stereocenters. The predicted molar refractivity (Wildman–Crippen MR) is 76.1 cm³/mol. The minimum absolute atomic E-state index is 0.132. The van der Waals surface area contributed by atoms with Crippen molar-refractivity contribution in [1.82, 2.24) is 5.32 Å². The highest BCUT2D eigenvalue weighted by Gasteiger charge is 2.08. The van der Waals surface area contributed by atoms with Crippen LogP contribution in [0.2, 0.25) is 0 Å². The number of phenols is 1. The smallest absolute Gasteiger partial charge is 0.267 e. The van der Waals surface area contributed by atoms with Crippen molar-refractivity contribution in [2.24, 2.45) is 0 Å². The summed E-state index contributed by atoms with van der Waals surface area (Å²) < 4.78 is 0. The molecule has 0 aliphatic rings. The van der Waals surface area contributed by atoms with Crippen LogP contribution < -0.4 is 10.6 Å². The van der Waals surface area contributed by atoms with E-state index >= 15 is 0 Å². The van der Waals surface area contributed by atoms with Crippen LogP contribution in [0.5, 0.6) is 5.75 Å². The molecule has 0 saturated heterocycles. The van der Waals surface area contributed by atoms with Crippen molar-refractivity contribution in [2.45, 2.75) is 0 Å². The molecule has 0 saturated carbocycles. The lowest BCUT2D eigenvalue weighted by molar-refractivity contribution is 0.0981. The van der Waals surface area contributed by atoms with E-state index in [0.717, 1.165) is 0 Å². The van der Waals surface area contributed by atoms with E-state index < -0.39 is 0 Å². The molecule has 0 bridgehead atoms. The number of amides is 1. The third-order valence-corrected chi connectivity index (χ3v) is 3.15. The van der Waals surface area contributed by atoms with Crippen LogP contribution in [0, 0.1) is 0 Å². The summed E-state index contributed by atoms with van der Waals surface area (Å²) in [6.45, 7) is 0. The van der Waals surface area contributed by atoms with Gasteiger partial charge in [-0.05, 0) is 35.8 Å². The van der Waals surface area contributed by atoms with E-state index in [0.29, 0.717) is 10.6 Å². The van der Waals surface area contributed by atoms with Crippen LogP contribution in [0.15, 0.2) is 41.8 Å². The lowest BCUT2D eigenvalue weighted by Crippen LogP contribution is -2.33. The molecule has 1 aromatic heterocycles. The summed E-state index contributed by atoms with van der Waals surface area (Å²) in [6.07, 6.45) is 0. The Balaban J connectivity index is 1.95. The average Bonchev–Trinajstić information content (AvgIpc) is 2.81. The van der Waals surface area contributed by atoms with Crippen LogP contribution in [0.25, 0.3) is 0 Å². The fourth-order valence-electron chi connectivity index (χ4n) is 1.32. The van der Waals surface area contributed by atoms with E-state index in [1.165, 1.54) is 17.4 Å². The number of benzene rings is 1. The van der Waals surface area contributed by atoms with Crippen molar-refractivity contribution in [3.63, 3.8) is 0 Å². The lowest BCUT2D eigenvalue weighted by atomic mass is 10.3. The number of rotatable bonds is 2. The molecule has 0 spiro atoms. The summed E-state index contributed by atoms with van der Waals surface area (Å²) in [4.78, 5) is 12.3. The first-order valence-electron chi connectivity index (χ1n) is 5.10. The number of anilines is 1. The number of aromatic hydroxyl groups is 1. The Morgan fingerprint density at radius 1 is 1.28 bits per heavy atom. The molecule has 0 atom stereocenters. The highest BCUT2D eigenvalue weighted by atomic mass is 32.1. The van der Waals surface area contributed by atoms with Gasteiger partial charge >= 0.3 is 0 Å². The fraction of sp³-hybridized carbons (Fsp3) is 0. The van der Waals surface area contributed by atoms with Crippen molar-refractivity contribution >= 4 is 40.3 Å². The summed E-state index contributed by atoms with van der Waals surface area (Å²) in [6, 6.07) is 10.0. The Morgan fingerprint density at radius 2 is 2.11 bits per heavy atom. The molecule has 0 radical (unpaired) electrons. The average molecular weight is 278 g/mol. The molecule has 2 rings (SSSR count). The molecule has 1 heterocycles. The quantitative estimate of drug-likeness (QED) is 0.739. The number of hydrogen-bond donors (Lipinski definition) is 3. The van der Waals surface area contributed by atoms with Crippen LogP contribution in [-0.2, 0) is 0 Å². The number of carbonyl (C=O) groups is 1. The Bertz CT molecular complexity index is 567. The van der Waals surface area contributed by atoms with Gasteiger partial charge in [0.2, 0.25) is 0 Å². The van der Waals surface area contributed by atoms with Crippen molar-refractivity contribution in [3.05, 3.63) is 46.7 Å².